The SMILES string of the molecule is CCN1C(=O)C2(/C(=C(/O)c3ccc(S(=O)(=O)N4CCCCCC4)cc3)C(=O)C(=O)N2CCCN2CCOCC2)c2ccccc21. The van der Waals surface area contributed by atoms with Gasteiger partial charge in [0.15, 0.2) is 5.54 Å². The molecule has 1 unspecified atom stereocenters. The highest BCUT2D eigenvalue weighted by molar-refractivity contribution is 7.89. The van der Waals surface area contributed by atoms with Gasteiger partial charge < -0.3 is 19.6 Å². The van der Waals surface area contributed by atoms with Gasteiger partial charge in [-0.1, -0.05) is 31.0 Å². The largest absolute Gasteiger partial charge is 0.507 e. The molecule has 1 N–H and O–H groups in total. The van der Waals surface area contributed by atoms with E-state index in [9.17, 15) is 27.9 Å². The molecule has 4 aliphatic rings. The van der Waals surface area contributed by atoms with Crippen molar-refractivity contribution >= 4 is 39.1 Å². The molecule has 2 amide bonds. The van der Waals surface area contributed by atoms with E-state index >= 15 is 0 Å². The predicted molar refractivity (Wildman–Crippen MR) is 168 cm³/mol. The second-order valence-electron chi connectivity index (χ2n) is 11.9. The van der Waals surface area contributed by atoms with E-state index in [0.29, 0.717) is 57.1 Å². The number of hydrogen-bond acceptors (Lipinski definition) is 8. The standard InChI is InChI=1S/C33H40N4O7S/c1-2-36-27-11-6-5-10-26(27)33(32(36)41)28(30(39)31(40)37(33)19-9-16-34-20-22-44-23-21-34)29(38)24-12-14-25(15-13-24)45(42,43)35-17-7-3-4-8-18-35/h5-6,10-15,38H,2-4,7-9,16-23H2,1H3/b29-28+. The molecule has 0 saturated carbocycles. The van der Waals surface area contributed by atoms with Crippen molar-refractivity contribution in [2.75, 3.05) is 63.9 Å². The number of benzene rings is 2. The summed E-state index contributed by atoms with van der Waals surface area (Å²) >= 11 is 0. The van der Waals surface area contributed by atoms with Gasteiger partial charge in [-0.15, -0.1) is 0 Å². The van der Waals surface area contributed by atoms with Crippen LogP contribution in [0.2, 0.25) is 0 Å². The van der Waals surface area contributed by atoms with Crippen LogP contribution in [-0.2, 0) is 34.7 Å². The minimum atomic E-state index is -3.74. The Kier molecular flexibility index (Phi) is 8.84. The maximum absolute atomic E-state index is 14.4. The summed E-state index contributed by atoms with van der Waals surface area (Å²) in [5.74, 6) is -2.77. The topological polar surface area (TPSA) is 128 Å². The molecule has 240 valence electrons. The Morgan fingerprint density at radius 3 is 2.22 bits per heavy atom. The maximum Gasteiger partial charge on any atom is 0.296 e. The van der Waals surface area contributed by atoms with Crippen LogP contribution in [0.4, 0.5) is 5.69 Å². The highest BCUT2D eigenvalue weighted by Crippen LogP contribution is 2.53. The third-order valence-corrected chi connectivity index (χ3v) is 11.3. The number of likely N-dealkylation sites (N-methyl/N-ethyl adjacent to an activating group) is 1. The van der Waals surface area contributed by atoms with Gasteiger partial charge in [0.1, 0.15) is 5.76 Å². The fourth-order valence-corrected chi connectivity index (χ4v) is 8.63. The molecular weight excluding hydrogens is 596 g/mol. The molecule has 45 heavy (non-hydrogen) atoms. The lowest BCUT2D eigenvalue weighted by Gasteiger charge is -2.35. The van der Waals surface area contributed by atoms with E-state index < -0.39 is 38.9 Å². The van der Waals surface area contributed by atoms with Gasteiger partial charge in [0.25, 0.3) is 17.6 Å². The first kappa shape index (κ1) is 31.4. The zero-order chi connectivity index (χ0) is 31.8. The minimum absolute atomic E-state index is 0.0821. The van der Waals surface area contributed by atoms with Crippen LogP contribution in [0, 0.1) is 0 Å². The van der Waals surface area contributed by atoms with Crippen LogP contribution in [0.5, 0.6) is 0 Å². The van der Waals surface area contributed by atoms with Gasteiger partial charge >= 0.3 is 0 Å². The van der Waals surface area contributed by atoms with Crippen molar-refractivity contribution < 1.29 is 32.6 Å². The van der Waals surface area contributed by atoms with Crippen molar-refractivity contribution in [1.82, 2.24) is 14.1 Å². The van der Waals surface area contributed by atoms with Crippen LogP contribution in [0.3, 0.4) is 0 Å². The lowest BCUT2D eigenvalue weighted by molar-refractivity contribution is -0.143. The quantitative estimate of drug-likeness (QED) is 0.266. The van der Waals surface area contributed by atoms with Gasteiger partial charge in [0.2, 0.25) is 10.0 Å². The number of amides is 2. The van der Waals surface area contributed by atoms with E-state index in [2.05, 4.69) is 4.90 Å². The Morgan fingerprint density at radius 1 is 0.889 bits per heavy atom. The number of likely N-dealkylation sites (tertiary alicyclic amines) is 1. The molecular formula is C33H40N4O7S. The number of ketones is 1. The molecule has 0 bridgehead atoms. The predicted octanol–water partition coefficient (Wildman–Crippen LogP) is 2.92. The molecule has 6 rings (SSSR count). The second kappa shape index (κ2) is 12.7. The minimum Gasteiger partial charge on any atom is -0.507 e. The van der Waals surface area contributed by atoms with Crippen LogP contribution < -0.4 is 4.90 Å². The van der Waals surface area contributed by atoms with Crippen LogP contribution in [0.1, 0.15) is 50.2 Å². The molecule has 2 aromatic rings. The summed E-state index contributed by atoms with van der Waals surface area (Å²) in [6.45, 7) is 6.59. The summed E-state index contributed by atoms with van der Waals surface area (Å²) in [5.41, 5.74) is -0.947. The van der Waals surface area contributed by atoms with Crippen molar-refractivity contribution in [3.05, 3.63) is 65.2 Å². The number of aliphatic hydroxyl groups excluding tert-OH is 1. The zero-order valence-corrected chi connectivity index (χ0v) is 26.4. The summed E-state index contributed by atoms with van der Waals surface area (Å²) < 4.78 is 33.7. The average molecular weight is 637 g/mol. The number of hydrogen-bond donors (Lipinski definition) is 1. The number of morpholine rings is 1. The van der Waals surface area contributed by atoms with Crippen LogP contribution in [-0.4, -0.2) is 104 Å². The molecule has 3 saturated heterocycles. The summed E-state index contributed by atoms with van der Waals surface area (Å²) in [4.78, 5) is 47.3. The molecule has 0 radical (unpaired) electrons. The number of aliphatic hydroxyl groups is 1. The van der Waals surface area contributed by atoms with Crippen LogP contribution >= 0.6 is 0 Å². The Balaban J connectivity index is 1.41. The first-order valence-corrected chi connectivity index (χ1v) is 17.3. The molecule has 0 aliphatic carbocycles. The van der Waals surface area contributed by atoms with Crippen LogP contribution in [0.25, 0.3) is 5.76 Å². The molecule has 2 aromatic carbocycles. The van der Waals surface area contributed by atoms with Crippen LogP contribution in [0.15, 0.2) is 59.0 Å². The first-order valence-electron chi connectivity index (χ1n) is 15.8. The Labute approximate surface area is 264 Å². The van der Waals surface area contributed by atoms with E-state index in [1.807, 2.05) is 6.92 Å². The maximum atomic E-state index is 14.4. The van der Waals surface area contributed by atoms with Gasteiger partial charge in [-0.05, 0) is 56.5 Å². The van der Waals surface area contributed by atoms with Gasteiger partial charge in [-0.2, -0.15) is 4.31 Å². The van der Waals surface area contributed by atoms with Gasteiger partial charge in [0, 0.05) is 56.9 Å². The van der Waals surface area contributed by atoms with E-state index in [1.165, 1.54) is 33.5 Å². The van der Waals surface area contributed by atoms with Crippen molar-refractivity contribution in [3.8, 4) is 0 Å². The Bertz CT molecular complexity index is 1610. The number of sulfonamides is 1. The summed E-state index contributed by atoms with van der Waals surface area (Å²) in [7, 11) is -3.74. The summed E-state index contributed by atoms with van der Waals surface area (Å²) in [6, 6.07) is 12.7. The second-order valence-corrected chi connectivity index (χ2v) is 13.9. The number of para-hydroxylation sites is 1. The van der Waals surface area contributed by atoms with E-state index in [-0.39, 0.29) is 22.6 Å². The number of carbonyl (C=O) groups is 3. The number of rotatable bonds is 8. The monoisotopic (exact) mass is 636 g/mol. The number of Topliss-reactive ketones (excluding diaryl/α,β-unsaturated/α-hetero) is 1. The lowest BCUT2D eigenvalue weighted by atomic mass is 9.82. The molecule has 1 spiro atoms. The molecule has 1 atom stereocenters. The number of ether oxygens (including phenoxy) is 1. The zero-order valence-electron chi connectivity index (χ0n) is 25.6. The van der Waals surface area contributed by atoms with Gasteiger partial charge in [-0.3, -0.25) is 19.3 Å². The number of carbonyl (C=O) groups excluding carboxylic acids is 3. The Hall–Kier alpha value is -3.58. The van der Waals surface area contributed by atoms with E-state index in [0.717, 1.165) is 38.8 Å². The van der Waals surface area contributed by atoms with E-state index in [1.54, 1.807) is 29.2 Å². The first-order chi connectivity index (χ1) is 21.7. The highest BCUT2D eigenvalue weighted by atomic mass is 32.2. The van der Waals surface area contributed by atoms with Gasteiger partial charge in [0.05, 0.1) is 29.4 Å². The summed E-state index contributed by atoms with van der Waals surface area (Å²) in [5, 5.41) is 11.8. The molecule has 4 heterocycles. The van der Waals surface area contributed by atoms with Crippen molar-refractivity contribution in [3.63, 3.8) is 0 Å². The fraction of sp³-hybridized carbons (Fsp3) is 0.485. The lowest BCUT2D eigenvalue weighted by Crippen LogP contribution is -2.52. The highest BCUT2D eigenvalue weighted by Gasteiger charge is 2.66. The third kappa shape index (κ3) is 5.27. The third-order valence-electron chi connectivity index (χ3n) is 9.42. The number of nitrogens with zero attached hydrogens (tertiary/aromatic N) is 4. The van der Waals surface area contributed by atoms with Crippen molar-refractivity contribution in [1.29, 1.82) is 0 Å². The number of fused-ring (bicyclic) bond motifs is 2. The van der Waals surface area contributed by atoms with Crippen molar-refractivity contribution in [2.24, 2.45) is 0 Å². The Morgan fingerprint density at radius 2 is 1.56 bits per heavy atom. The normalized spacial score (nSPS) is 24.4. The van der Waals surface area contributed by atoms with E-state index in [4.69, 9.17) is 4.74 Å². The molecule has 11 nitrogen and oxygen atoms in total. The van der Waals surface area contributed by atoms with Crippen molar-refractivity contribution in [2.45, 2.75) is 49.5 Å². The molecule has 3 fully saturated rings. The smallest absolute Gasteiger partial charge is 0.296 e. The fourth-order valence-electron chi connectivity index (χ4n) is 7.12. The molecule has 4 aliphatic heterocycles. The van der Waals surface area contributed by atoms with Gasteiger partial charge in [-0.25, -0.2) is 8.42 Å². The summed E-state index contributed by atoms with van der Waals surface area (Å²) in [6.07, 6.45) is 4.09. The molecule has 0 aromatic heterocycles. The number of anilines is 1. The molecule has 12 heteroatoms. The average Bonchev–Trinajstić information content (AvgIpc) is 3.26.